The molecule has 0 aliphatic carbocycles. The number of phosphoric ester groups is 1. The third-order valence-electron chi connectivity index (χ3n) is 2.79. The Balaban J connectivity index is 2.22. The van der Waals surface area contributed by atoms with Crippen LogP contribution in [0.4, 0.5) is 0 Å². The van der Waals surface area contributed by atoms with Gasteiger partial charge in [0.15, 0.2) is 0 Å². The molecule has 2 rings (SSSR count). The number of ether oxygens (including phenoxy) is 1. The topological polar surface area (TPSA) is 134 Å². The molecule has 1 saturated heterocycles. The van der Waals surface area contributed by atoms with Crippen LogP contribution in [0.15, 0.2) is 17.1 Å². The molecule has 2 heterocycles. The molecule has 20 heavy (non-hydrogen) atoms. The monoisotopic (exact) mass is 324 g/mol. The summed E-state index contributed by atoms with van der Waals surface area (Å²) in [6.07, 6.45) is -1.33. The predicted octanol–water partition coefficient (Wildman–Crippen LogP) is -0.336. The first kappa shape index (κ1) is 15.5. The van der Waals surface area contributed by atoms with E-state index < -0.39 is 38.6 Å². The van der Waals surface area contributed by atoms with Crippen molar-refractivity contribution in [1.29, 1.82) is 0 Å². The molecule has 112 valence electrons. The van der Waals surface area contributed by atoms with Gasteiger partial charge in [0.25, 0.3) is 0 Å². The maximum Gasteiger partial charge on any atom is 0.469 e. The van der Waals surface area contributed by atoms with Crippen LogP contribution in [-0.4, -0.2) is 43.3 Å². The van der Waals surface area contributed by atoms with Crippen molar-refractivity contribution in [2.24, 2.45) is 0 Å². The van der Waals surface area contributed by atoms with Gasteiger partial charge in [-0.1, -0.05) is 12.2 Å². The minimum atomic E-state index is -4.71. The molecule has 0 aromatic carbocycles. The minimum Gasteiger partial charge on any atom is -0.394 e. The van der Waals surface area contributed by atoms with Crippen molar-refractivity contribution in [3.63, 3.8) is 0 Å². The van der Waals surface area contributed by atoms with Crippen LogP contribution in [-0.2, 0) is 13.8 Å². The Morgan fingerprint density at radius 2 is 2.30 bits per heavy atom. The molecule has 0 unspecified atom stereocenters. The third kappa shape index (κ3) is 3.61. The fraction of sp³-hybridized carbons (Fsp3) is 0.556. The maximum atomic E-state index is 11.7. The Morgan fingerprint density at radius 1 is 1.60 bits per heavy atom. The molecule has 1 fully saturated rings. The van der Waals surface area contributed by atoms with Gasteiger partial charge in [-0.05, 0) is 6.07 Å². The van der Waals surface area contributed by atoms with Crippen molar-refractivity contribution < 1.29 is 28.7 Å². The molecular formula is C9H13N2O7PS. The van der Waals surface area contributed by atoms with Crippen LogP contribution in [0, 0.1) is 4.64 Å². The molecule has 11 heteroatoms. The van der Waals surface area contributed by atoms with Gasteiger partial charge in [0.1, 0.15) is 23.1 Å². The zero-order chi connectivity index (χ0) is 14.9. The van der Waals surface area contributed by atoms with Crippen molar-refractivity contribution in [1.82, 2.24) is 9.55 Å². The van der Waals surface area contributed by atoms with Gasteiger partial charge in [0, 0.05) is 12.6 Å². The van der Waals surface area contributed by atoms with E-state index in [9.17, 15) is 9.36 Å². The molecule has 1 aliphatic rings. The SMILES string of the molecule is O=c1[nH]c(=S)ccn1[C@H]1C[C@H](OP(=O)(O)O)[C@@H](CO)O1. The number of nitrogens with zero attached hydrogens (tertiary/aromatic N) is 1. The average molecular weight is 324 g/mol. The van der Waals surface area contributed by atoms with E-state index in [2.05, 4.69) is 9.51 Å². The van der Waals surface area contributed by atoms with Gasteiger partial charge in [-0.3, -0.25) is 14.1 Å². The molecule has 9 nitrogen and oxygen atoms in total. The summed E-state index contributed by atoms with van der Waals surface area (Å²) in [6.45, 7) is -0.487. The van der Waals surface area contributed by atoms with Gasteiger partial charge < -0.3 is 19.6 Å². The summed E-state index contributed by atoms with van der Waals surface area (Å²) in [6, 6.07) is 1.48. The Labute approximate surface area is 118 Å². The summed E-state index contributed by atoms with van der Waals surface area (Å²) in [5.41, 5.74) is -0.518. The summed E-state index contributed by atoms with van der Waals surface area (Å²) in [4.78, 5) is 31.7. The molecule has 0 spiro atoms. The molecule has 4 N–H and O–H groups in total. The number of rotatable bonds is 4. The maximum absolute atomic E-state index is 11.7. The number of aromatic amines is 1. The third-order valence-corrected chi connectivity index (χ3v) is 3.58. The van der Waals surface area contributed by atoms with Crippen molar-refractivity contribution in [2.75, 3.05) is 6.61 Å². The molecule has 1 aromatic heterocycles. The second kappa shape index (κ2) is 5.86. The molecular weight excluding hydrogens is 311 g/mol. The van der Waals surface area contributed by atoms with Gasteiger partial charge >= 0.3 is 13.5 Å². The fourth-order valence-corrected chi connectivity index (χ4v) is 2.70. The highest BCUT2D eigenvalue weighted by Gasteiger charge is 2.40. The lowest BCUT2D eigenvalue weighted by molar-refractivity contribution is -0.0452. The van der Waals surface area contributed by atoms with Gasteiger partial charge in [-0.2, -0.15) is 0 Å². The number of hydrogen-bond acceptors (Lipinski definition) is 6. The van der Waals surface area contributed by atoms with Crippen LogP contribution >= 0.6 is 20.0 Å². The highest BCUT2D eigenvalue weighted by Crippen LogP contribution is 2.43. The largest absolute Gasteiger partial charge is 0.469 e. The molecule has 0 radical (unpaired) electrons. The summed E-state index contributed by atoms with van der Waals surface area (Å²) >= 11 is 4.80. The second-order valence-electron chi connectivity index (χ2n) is 4.20. The second-order valence-corrected chi connectivity index (χ2v) is 5.83. The Morgan fingerprint density at radius 3 is 2.85 bits per heavy atom. The van der Waals surface area contributed by atoms with E-state index in [1.807, 2.05) is 0 Å². The number of hydrogen-bond donors (Lipinski definition) is 4. The predicted molar refractivity (Wildman–Crippen MR) is 68.4 cm³/mol. The molecule has 3 atom stereocenters. The Bertz CT molecular complexity index is 638. The van der Waals surface area contributed by atoms with Gasteiger partial charge in [0.2, 0.25) is 0 Å². The summed E-state index contributed by atoms with van der Waals surface area (Å²) in [5, 5.41) is 9.14. The zero-order valence-corrected chi connectivity index (χ0v) is 11.8. The minimum absolute atomic E-state index is 0.0147. The summed E-state index contributed by atoms with van der Waals surface area (Å²) < 4.78 is 22.2. The number of H-pyrrole nitrogens is 1. The number of aliphatic hydroxyl groups is 1. The molecule has 0 bridgehead atoms. The lowest BCUT2D eigenvalue weighted by Gasteiger charge is -2.16. The van der Waals surface area contributed by atoms with Gasteiger partial charge in [-0.25, -0.2) is 9.36 Å². The smallest absolute Gasteiger partial charge is 0.394 e. The lowest BCUT2D eigenvalue weighted by atomic mass is 10.2. The summed E-state index contributed by atoms with van der Waals surface area (Å²) in [7, 11) is -4.71. The van der Waals surface area contributed by atoms with E-state index in [0.29, 0.717) is 0 Å². The first-order valence-electron chi connectivity index (χ1n) is 5.62. The zero-order valence-electron chi connectivity index (χ0n) is 10.1. The lowest BCUT2D eigenvalue weighted by Crippen LogP contribution is -2.27. The van der Waals surface area contributed by atoms with Gasteiger partial charge in [0.05, 0.1) is 6.61 Å². The van der Waals surface area contributed by atoms with E-state index in [4.69, 9.17) is 31.8 Å². The van der Waals surface area contributed by atoms with E-state index in [-0.39, 0.29) is 11.1 Å². The standard InChI is InChI=1S/C9H13N2O7PS/c12-4-6-5(18-19(14,15)16)3-8(17-6)11-2-1-7(20)10-9(11)13/h1-2,5-6,8,12H,3-4H2,(H,10,13,20)(H2,14,15,16)/t5-,6+,8+/m0/s1. The van der Waals surface area contributed by atoms with Crippen LogP contribution in [0.2, 0.25) is 0 Å². The number of nitrogens with one attached hydrogen (secondary N) is 1. The molecule has 1 aromatic rings. The van der Waals surface area contributed by atoms with Crippen LogP contribution < -0.4 is 5.69 Å². The first-order valence-corrected chi connectivity index (χ1v) is 7.56. The summed E-state index contributed by atoms with van der Waals surface area (Å²) in [5.74, 6) is 0. The van der Waals surface area contributed by atoms with E-state index >= 15 is 0 Å². The Hall–Kier alpha value is -0.870. The number of phosphoric acid groups is 1. The van der Waals surface area contributed by atoms with Crippen LogP contribution in [0.5, 0.6) is 0 Å². The average Bonchev–Trinajstić information content (AvgIpc) is 2.69. The highest BCUT2D eigenvalue weighted by atomic mass is 32.1. The van der Waals surface area contributed by atoms with Crippen LogP contribution in [0.3, 0.4) is 0 Å². The van der Waals surface area contributed by atoms with E-state index in [1.54, 1.807) is 0 Å². The highest BCUT2D eigenvalue weighted by molar-refractivity contribution is 7.71. The first-order chi connectivity index (χ1) is 9.30. The van der Waals surface area contributed by atoms with Crippen molar-refractivity contribution in [3.8, 4) is 0 Å². The van der Waals surface area contributed by atoms with Crippen LogP contribution in [0.25, 0.3) is 0 Å². The molecule has 0 amide bonds. The number of aliphatic hydroxyl groups excluding tert-OH is 1. The van der Waals surface area contributed by atoms with Gasteiger partial charge in [-0.15, -0.1) is 0 Å². The fourth-order valence-electron chi connectivity index (χ4n) is 1.98. The van der Waals surface area contributed by atoms with Crippen molar-refractivity contribution in [3.05, 3.63) is 27.4 Å². The Kier molecular flexibility index (Phi) is 4.55. The quantitative estimate of drug-likeness (QED) is 0.437. The van der Waals surface area contributed by atoms with Crippen LogP contribution in [0.1, 0.15) is 12.6 Å². The normalized spacial score (nSPS) is 26.9. The number of aromatic nitrogens is 2. The molecule has 0 saturated carbocycles. The van der Waals surface area contributed by atoms with Crippen molar-refractivity contribution in [2.45, 2.75) is 24.9 Å². The molecule has 1 aliphatic heterocycles. The van der Waals surface area contributed by atoms with Crippen molar-refractivity contribution >= 4 is 20.0 Å². The van der Waals surface area contributed by atoms with E-state index in [1.165, 1.54) is 16.8 Å². The van der Waals surface area contributed by atoms with E-state index in [0.717, 1.165) is 0 Å².